The molecule has 0 atom stereocenters. The minimum atomic E-state index is 0.591. The number of halogens is 1. The highest BCUT2D eigenvalue weighted by molar-refractivity contribution is 6.31. The highest BCUT2D eigenvalue weighted by Crippen LogP contribution is 2.34. The highest BCUT2D eigenvalue weighted by atomic mass is 35.5. The Hall–Kier alpha value is -3.50. The molecule has 7 nitrogen and oxygen atoms in total. The van der Waals surface area contributed by atoms with Crippen molar-refractivity contribution >= 4 is 11.6 Å². The molecule has 0 radical (unpaired) electrons. The highest BCUT2D eigenvalue weighted by Gasteiger charge is 2.23. The van der Waals surface area contributed by atoms with Crippen LogP contribution in [0, 0.1) is 38.0 Å². The van der Waals surface area contributed by atoms with Gasteiger partial charge in [0.25, 0.3) is 0 Å². The number of rotatable bonds is 7. The fourth-order valence-corrected chi connectivity index (χ4v) is 4.44. The lowest BCUT2D eigenvalue weighted by atomic mass is 10.0. The van der Waals surface area contributed by atoms with E-state index in [1.54, 1.807) is 11.0 Å². The van der Waals surface area contributed by atoms with Gasteiger partial charge in [0.15, 0.2) is 5.82 Å². The smallest absolute Gasteiger partial charge is 0.157 e. The zero-order valence-corrected chi connectivity index (χ0v) is 20.3. The second-order valence-electron chi connectivity index (χ2n) is 9.01. The zero-order chi connectivity index (χ0) is 23.8. The van der Waals surface area contributed by atoms with Gasteiger partial charge in [-0.25, -0.2) is 14.6 Å². The van der Waals surface area contributed by atoms with Gasteiger partial charge in [0.05, 0.1) is 45.1 Å². The number of aromatic nitrogens is 6. The van der Waals surface area contributed by atoms with Gasteiger partial charge >= 0.3 is 0 Å². The van der Waals surface area contributed by atoms with Gasteiger partial charge in [0.1, 0.15) is 6.33 Å². The maximum atomic E-state index is 9.17. The fraction of sp³-hybridized carbons (Fsp3) is 0.346. The molecule has 34 heavy (non-hydrogen) atoms. The van der Waals surface area contributed by atoms with E-state index in [9.17, 15) is 5.26 Å². The topological polar surface area (TPSA) is 85.2 Å². The van der Waals surface area contributed by atoms with Crippen LogP contribution in [0.25, 0.3) is 17.1 Å². The van der Waals surface area contributed by atoms with Crippen molar-refractivity contribution in [3.63, 3.8) is 0 Å². The average Bonchev–Trinajstić information content (AvgIpc) is 3.59. The van der Waals surface area contributed by atoms with Crippen molar-refractivity contribution in [3.8, 4) is 23.1 Å². The molecule has 0 amide bonds. The van der Waals surface area contributed by atoms with Crippen molar-refractivity contribution < 1.29 is 0 Å². The summed E-state index contributed by atoms with van der Waals surface area (Å²) in [5, 5.41) is 19.4. The Morgan fingerprint density at radius 3 is 2.50 bits per heavy atom. The van der Waals surface area contributed by atoms with Crippen molar-refractivity contribution in [3.05, 3.63) is 75.6 Å². The molecule has 0 spiro atoms. The van der Waals surface area contributed by atoms with E-state index in [1.165, 1.54) is 12.8 Å². The summed E-state index contributed by atoms with van der Waals surface area (Å²) in [6.07, 6.45) is 5.93. The summed E-state index contributed by atoms with van der Waals surface area (Å²) in [6, 6.07) is 11.9. The van der Waals surface area contributed by atoms with Crippen LogP contribution in [0.4, 0.5) is 0 Å². The molecular weight excluding hydrogens is 446 g/mol. The first-order valence-electron chi connectivity index (χ1n) is 11.5. The number of nitrogens with zero attached hydrogens (tertiary/aromatic N) is 7. The third-order valence-corrected chi connectivity index (χ3v) is 7.05. The number of hydrogen-bond acceptors (Lipinski definition) is 5. The molecule has 4 aromatic rings. The van der Waals surface area contributed by atoms with E-state index in [0.29, 0.717) is 22.8 Å². The molecule has 1 aromatic carbocycles. The number of aryl methyl sites for hydroxylation is 2. The molecule has 1 aliphatic rings. The summed E-state index contributed by atoms with van der Waals surface area (Å²) < 4.78 is 3.89. The summed E-state index contributed by atoms with van der Waals surface area (Å²) in [4.78, 5) is 8.92. The van der Waals surface area contributed by atoms with Gasteiger partial charge < -0.3 is 0 Å². The van der Waals surface area contributed by atoms with Crippen LogP contribution >= 0.6 is 11.6 Å². The molecule has 0 bridgehead atoms. The van der Waals surface area contributed by atoms with Gasteiger partial charge in [-0.05, 0) is 50.8 Å². The maximum absolute atomic E-state index is 9.17. The van der Waals surface area contributed by atoms with Crippen LogP contribution in [0.3, 0.4) is 0 Å². The van der Waals surface area contributed by atoms with Crippen LogP contribution in [0.1, 0.15) is 53.2 Å². The molecule has 0 saturated heterocycles. The van der Waals surface area contributed by atoms with Crippen LogP contribution in [-0.4, -0.2) is 29.5 Å². The minimum absolute atomic E-state index is 0.591. The average molecular weight is 472 g/mol. The Balaban J connectivity index is 1.49. The van der Waals surface area contributed by atoms with Gasteiger partial charge in [-0.2, -0.15) is 15.5 Å². The summed E-state index contributed by atoms with van der Waals surface area (Å²) >= 11 is 6.34. The van der Waals surface area contributed by atoms with Crippen molar-refractivity contribution in [2.75, 3.05) is 0 Å². The Kier molecular flexibility index (Phi) is 5.93. The van der Waals surface area contributed by atoms with Crippen molar-refractivity contribution in [1.29, 1.82) is 5.26 Å². The first kappa shape index (κ1) is 22.3. The van der Waals surface area contributed by atoms with Crippen LogP contribution < -0.4 is 0 Å². The van der Waals surface area contributed by atoms with E-state index < -0.39 is 0 Å². The molecule has 0 unspecified atom stereocenters. The van der Waals surface area contributed by atoms with E-state index >= 15 is 0 Å². The van der Waals surface area contributed by atoms with E-state index in [-0.39, 0.29) is 0 Å². The monoisotopic (exact) mass is 471 g/mol. The lowest BCUT2D eigenvalue weighted by Crippen LogP contribution is -2.06. The molecule has 3 heterocycles. The van der Waals surface area contributed by atoms with Crippen LogP contribution in [0.5, 0.6) is 0 Å². The molecule has 3 aromatic heterocycles. The predicted octanol–water partition coefficient (Wildman–Crippen LogP) is 5.37. The Morgan fingerprint density at radius 2 is 1.85 bits per heavy atom. The standard InChI is InChI=1S/C26H26ClN7/c1-16-23(12-22-13-24(30-15-29-22)34-18(3)25(27)17(2)31-34)32-33(11-10-19-4-5-19)26(16)21-8-6-20(14-28)7-9-21/h6-9,13,15,19H,4-5,10-12H2,1-3H3. The molecule has 0 N–H and O–H groups in total. The normalized spacial score (nSPS) is 13.3. The van der Waals surface area contributed by atoms with Gasteiger partial charge in [-0.15, -0.1) is 0 Å². The Morgan fingerprint density at radius 1 is 1.09 bits per heavy atom. The molecule has 1 fully saturated rings. The van der Waals surface area contributed by atoms with Crippen molar-refractivity contribution in [1.82, 2.24) is 29.5 Å². The van der Waals surface area contributed by atoms with Gasteiger partial charge in [0, 0.05) is 24.6 Å². The SMILES string of the molecule is Cc1nn(-c2cc(Cc3nn(CCC4CC4)c(-c4ccc(C#N)cc4)c3C)ncn2)c(C)c1Cl. The van der Waals surface area contributed by atoms with Gasteiger partial charge in [-0.1, -0.05) is 36.6 Å². The lowest BCUT2D eigenvalue weighted by molar-refractivity contribution is 0.547. The lowest BCUT2D eigenvalue weighted by Gasteiger charge is -2.08. The maximum Gasteiger partial charge on any atom is 0.157 e. The van der Waals surface area contributed by atoms with Gasteiger partial charge in [0.2, 0.25) is 0 Å². The number of benzene rings is 1. The predicted molar refractivity (Wildman–Crippen MR) is 131 cm³/mol. The number of hydrogen-bond donors (Lipinski definition) is 0. The second-order valence-corrected chi connectivity index (χ2v) is 9.38. The minimum Gasteiger partial charge on any atom is -0.264 e. The Labute approximate surface area is 204 Å². The second kappa shape index (κ2) is 9.03. The largest absolute Gasteiger partial charge is 0.264 e. The van der Waals surface area contributed by atoms with Crippen LogP contribution in [0.15, 0.2) is 36.7 Å². The summed E-state index contributed by atoms with van der Waals surface area (Å²) in [5.74, 6) is 1.51. The summed E-state index contributed by atoms with van der Waals surface area (Å²) in [6.45, 7) is 6.82. The van der Waals surface area contributed by atoms with E-state index in [4.69, 9.17) is 16.7 Å². The van der Waals surface area contributed by atoms with E-state index in [1.807, 2.05) is 44.2 Å². The Bertz CT molecular complexity index is 1390. The molecule has 172 valence electrons. The fourth-order valence-electron chi connectivity index (χ4n) is 4.33. The summed E-state index contributed by atoms with van der Waals surface area (Å²) in [5.41, 5.74) is 7.47. The van der Waals surface area contributed by atoms with Crippen LogP contribution in [-0.2, 0) is 13.0 Å². The first-order valence-corrected chi connectivity index (χ1v) is 11.9. The van der Waals surface area contributed by atoms with Crippen LogP contribution in [0.2, 0.25) is 5.02 Å². The number of nitriles is 1. The first-order chi connectivity index (χ1) is 16.4. The van der Waals surface area contributed by atoms with E-state index in [2.05, 4.69) is 32.7 Å². The van der Waals surface area contributed by atoms with Crippen molar-refractivity contribution in [2.24, 2.45) is 5.92 Å². The molecule has 5 rings (SSSR count). The third-order valence-electron chi connectivity index (χ3n) is 6.50. The molecule has 8 heteroatoms. The quantitative estimate of drug-likeness (QED) is 0.362. The molecular formula is C26H26ClN7. The third kappa shape index (κ3) is 4.34. The molecule has 0 aliphatic heterocycles. The summed E-state index contributed by atoms with van der Waals surface area (Å²) in [7, 11) is 0. The molecule has 1 saturated carbocycles. The van der Waals surface area contributed by atoms with E-state index in [0.717, 1.165) is 58.5 Å². The van der Waals surface area contributed by atoms with Crippen molar-refractivity contribution in [2.45, 2.75) is 53.0 Å². The molecule has 1 aliphatic carbocycles. The van der Waals surface area contributed by atoms with Gasteiger partial charge in [-0.3, -0.25) is 4.68 Å². The zero-order valence-electron chi connectivity index (χ0n) is 19.6.